The summed E-state index contributed by atoms with van der Waals surface area (Å²) in [5.41, 5.74) is 6.67. The van der Waals surface area contributed by atoms with E-state index < -0.39 is 0 Å². The van der Waals surface area contributed by atoms with Crippen molar-refractivity contribution in [2.45, 2.75) is 19.4 Å². The van der Waals surface area contributed by atoms with Gasteiger partial charge in [0.05, 0.1) is 0 Å². The third kappa shape index (κ3) is 2.13. The van der Waals surface area contributed by atoms with Gasteiger partial charge in [-0.3, -0.25) is 4.98 Å². The molecule has 0 fully saturated rings. The topological polar surface area (TPSA) is 38.9 Å². The second-order valence-corrected chi connectivity index (χ2v) is 3.84. The molecule has 0 aliphatic heterocycles. The van der Waals surface area contributed by atoms with Crippen LogP contribution >= 0.6 is 0 Å². The third-order valence-electron chi connectivity index (χ3n) is 2.35. The van der Waals surface area contributed by atoms with E-state index in [4.69, 9.17) is 5.73 Å². The van der Waals surface area contributed by atoms with Crippen LogP contribution in [0.2, 0.25) is 0 Å². The van der Waals surface area contributed by atoms with Crippen LogP contribution in [-0.2, 0) is 6.42 Å². The lowest BCUT2D eigenvalue weighted by molar-refractivity contribution is 0.625. The van der Waals surface area contributed by atoms with Crippen LogP contribution in [0.1, 0.15) is 12.5 Å². The van der Waals surface area contributed by atoms with Crippen molar-refractivity contribution in [2.75, 3.05) is 0 Å². The minimum absolute atomic E-state index is 0.0307. The molecule has 78 valence electrons. The van der Waals surface area contributed by atoms with Crippen molar-refractivity contribution in [3.63, 3.8) is 0 Å². The highest BCUT2D eigenvalue weighted by atomic mass is 19.1. The van der Waals surface area contributed by atoms with E-state index in [0.29, 0.717) is 6.42 Å². The molecule has 0 bridgehead atoms. The van der Waals surface area contributed by atoms with Crippen LogP contribution in [-0.4, -0.2) is 11.0 Å². The maximum atomic E-state index is 13.3. The number of aromatic nitrogens is 1. The van der Waals surface area contributed by atoms with E-state index in [9.17, 15) is 4.39 Å². The molecule has 0 aliphatic rings. The lowest BCUT2D eigenvalue weighted by atomic mass is 10.0. The number of hydrogen-bond donors (Lipinski definition) is 1. The Morgan fingerprint density at radius 3 is 3.00 bits per heavy atom. The largest absolute Gasteiger partial charge is 0.328 e. The van der Waals surface area contributed by atoms with Crippen LogP contribution in [0.4, 0.5) is 4.39 Å². The zero-order valence-electron chi connectivity index (χ0n) is 8.57. The lowest BCUT2D eigenvalue weighted by Crippen LogP contribution is -2.18. The van der Waals surface area contributed by atoms with E-state index in [0.717, 1.165) is 16.3 Å². The van der Waals surface area contributed by atoms with Crippen LogP contribution in [0.15, 0.2) is 30.6 Å². The van der Waals surface area contributed by atoms with E-state index in [1.54, 1.807) is 18.5 Å². The maximum absolute atomic E-state index is 13.3. The van der Waals surface area contributed by atoms with Gasteiger partial charge in [-0.05, 0) is 42.5 Å². The summed E-state index contributed by atoms with van der Waals surface area (Å²) < 4.78 is 13.3. The van der Waals surface area contributed by atoms with Crippen molar-refractivity contribution in [3.05, 3.63) is 42.0 Å². The molecule has 0 amide bonds. The number of benzene rings is 1. The molecule has 2 rings (SSSR count). The molecule has 1 aromatic carbocycles. The van der Waals surface area contributed by atoms with Crippen LogP contribution in [0, 0.1) is 5.82 Å². The number of fused-ring (bicyclic) bond motifs is 1. The second kappa shape index (κ2) is 3.95. The highest BCUT2D eigenvalue weighted by Crippen LogP contribution is 2.20. The molecule has 2 N–H and O–H groups in total. The summed E-state index contributed by atoms with van der Waals surface area (Å²) in [5, 5.41) is 1.86. The molecule has 2 aromatic rings. The van der Waals surface area contributed by atoms with Crippen molar-refractivity contribution in [3.8, 4) is 0 Å². The molecule has 1 aromatic heterocycles. The van der Waals surface area contributed by atoms with Crippen molar-refractivity contribution < 1.29 is 4.39 Å². The van der Waals surface area contributed by atoms with E-state index in [2.05, 4.69) is 4.98 Å². The van der Waals surface area contributed by atoms with Gasteiger partial charge in [0, 0.05) is 23.8 Å². The minimum atomic E-state index is -0.230. The van der Waals surface area contributed by atoms with Crippen LogP contribution in [0.3, 0.4) is 0 Å². The molecular formula is C12H13FN2. The fourth-order valence-electron chi connectivity index (χ4n) is 1.76. The predicted molar refractivity (Wildman–Crippen MR) is 59.1 cm³/mol. The van der Waals surface area contributed by atoms with Gasteiger partial charge in [-0.15, -0.1) is 0 Å². The number of nitrogens with two attached hydrogens (primary N) is 1. The zero-order chi connectivity index (χ0) is 10.8. The Labute approximate surface area is 87.9 Å². The molecule has 0 saturated heterocycles. The van der Waals surface area contributed by atoms with Gasteiger partial charge in [-0.1, -0.05) is 0 Å². The Morgan fingerprint density at radius 2 is 2.27 bits per heavy atom. The first-order valence-corrected chi connectivity index (χ1v) is 4.94. The van der Waals surface area contributed by atoms with Gasteiger partial charge < -0.3 is 5.73 Å². The summed E-state index contributed by atoms with van der Waals surface area (Å²) >= 11 is 0. The summed E-state index contributed by atoms with van der Waals surface area (Å²) in [7, 11) is 0. The van der Waals surface area contributed by atoms with Gasteiger partial charge in [-0.2, -0.15) is 0 Å². The Hall–Kier alpha value is -1.48. The summed E-state index contributed by atoms with van der Waals surface area (Å²) in [6.07, 6.45) is 4.06. The van der Waals surface area contributed by atoms with E-state index in [-0.39, 0.29) is 11.9 Å². The van der Waals surface area contributed by atoms with E-state index in [1.807, 2.05) is 13.0 Å². The number of halogens is 1. The highest BCUT2D eigenvalue weighted by molar-refractivity contribution is 5.84. The summed E-state index contributed by atoms with van der Waals surface area (Å²) in [6, 6.07) is 4.97. The van der Waals surface area contributed by atoms with Crippen molar-refractivity contribution in [2.24, 2.45) is 5.73 Å². The Morgan fingerprint density at radius 1 is 1.47 bits per heavy atom. The Balaban J connectivity index is 2.60. The normalized spacial score (nSPS) is 13.0. The Kier molecular flexibility index (Phi) is 2.64. The first kappa shape index (κ1) is 10.1. The zero-order valence-corrected chi connectivity index (χ0v) is 8.57. The molecule has 1 heterocycles. The second-order valence-electron chi connectivity index (χ2n) is 3.84. The average molecular weight is 204 g/mol. The van der Waals surface area contributed by atoms with Gasteiger partial charge >= 0.3 is 0 Å². The minimum Gasteiger partial charge on any atom is -0.328 e. The summed E-state index contributed by atoms with van der Waals surface area (Å²) in [6.45, 7) is 1.91. The first-order chi connectivity index (χ1) is 7.16. The van der Waals surface area contributed by atoms with Crippen molar-refractivity contribution in [1.82, 2.24) is 4.98 Å². The van der Waals surface area contributed by atoms with Crippen LogP contribution in [0.25, 0.3) is 10.8 Å². The predicted octanol–water partition coefficient (Wildman–Crippen LogP) is 2.26. The molecular weight excluding hydrogens is 191 g/mol. The number of rotatable bonds is 2. The fraction of sp³-hybridized carbons (Fsp3) is 0.250. The summed E-state index contributed by atoms with van der Waals surface area (Å²) in [5.74, 6) is -0.230. The van der Waals surface area contributed by atoms with Gasteiger partial charge in [0.25, 0.3) is 0 Å². The van der Waals surface area contributed by atoms with Gasteiger partial charge in [0.2, 0.25) is 0 Å². The van der Waals surface area contributed by atoms with E-state index in [1.165, 1.54) is 6.07 Å². The van der Waals surface area contributed by atoms with Gasteiger partial charge in [0.1, 0.15) is 5.82 Å². The van der Waals surface area contributed by atoms with E-state index >= 15 is 0 Å². The Bertz CT molecular complexity index is 480. The monoisotopic (exact) mass is 204 g/mol. The first-order valence-electron chi connectivity index (χ1n) is 4.94. The quantitative estimate of drug-likeness (QED) is 0.815. The standard InChI is InChI=1S/C12H13FN2/c1-8(14)4-9-5-11(13)6-10-7-15-3-2-12(9)10/h2-3,5-8H,4,14H2,1H3. The van der Waals surface area contributed by atoms with Gasteiger partial charge in [-0.25, -0.2) is 4.39 Å². The molecule has 1 atom stereocenters. The smallest absolute Gasteiger partial charge is 0.124 e. The molecule has 2 nitrogen and oxygen atoms in total. The SMILES string of the molecule is CC(N)Cc1cc(F)cc2cnccc12. The third-order valence-corrected chi connectivity index (χ3v) is 2.35. The lowest BCUT2D eigenvalue weighted by Gasteiger charge is -2.09. The number of pyridine rings is 1. The summed E-state index contributed by atoms with van der Waals surface area (Å²) in [4.78, 5) is 3.98. The molecule has 0 aliphatic carbocycles. The van der Waals surface area contributed by atoms with Crippen molar-refractivity contribution in [1.29, 1.82) is 0 Å². The number of hydrogen-bond acceptors (Lipinski definition) is 2. The van der Waals surface area contributed by atoms with Crippen molar-refractivity contribution >= 4 is 10.8 Å². The van der Waals surface area contributed by atoms with Crippen LogP contribution in [0.5, 0.6) is 0 Å². The number of nitrogens with zero attached hydrogens (tertiary/aromatic N) is 1. The van der Waals surface area contributed by atoms with Gasteiger partial charge in [0.15, 0.2) is 0 Å². The molecule has 15 heavy (non-hydrogen) atoms. The maximum Gasteiger partial charge on any atom is 0.124 e. The molecule has 0 saturated carbocycles. The average Bonchev–Trinajstić information content (AvgIpc) is 2.16. The highest BCUT2D eigenvalue weighted by Gasteiger charge is 2.06. The molecule has 3 heteroatoms. The molecule has 0 spiro atoms. The molecule has 0 radical (unpaired) electrons. The van der Waals surface area contributed by atoms with Crippen LogP contribution < -0.4 is 5.73 Å². The fourth-order valence-corrected chi connectivity index (χ4v) is 1.76. The molecule has 1 unspecified atom stereocenters.